The topological polar surface area (TPSA) is 49.3 Å². The fourth-order valence-corrected chi connectivity index (χ4v) is 1.77. The number of hydrogen-bond acceptors (Lipinski definition) is 2. The maximum Gasteiger partial charge on any atom is 0.305 e. The van der Waals surface area contributed by atoms with E-state index in [1.54, 1.807) is 12.1 Å². The van der Waals surface area contributed by atoms with E-state index >= 15 is 0 Å². The number of carboxylic acids is 1. The molecule has 0 heterocycles. The lowest BCUT2D eigenvalue weighted by Gasteiger charge is -2.20. The van der Waals surface area contributed by atoms with Crippen LogP contribution in [0.25, 0.3) is 0 Å². The highest BCUT2D eigenvalue weighted by Crippen LogP contribution is 2.21. The first-order chi connectivity index (χ1) is 7.49. The number of carboxylic acid groups (broad SMARTS) is 1. The van der Waals surface area contributed by atoms with Gasteiger partial charge < -0.3 is 10.4 Å². The van der Waals surface area contributed by atoms with Crippen molar-refractivity contribution < 1.29 is 9.90 Å². The van der Waals surface area contributed by atoms with Crippen LogP contribution in [0, 0.1) is 0 Å². The van der Waals surface area contributed by atoms with E-state index in [4.69, 9.17) is 16.7 Å². The van der Waals surface area contributed by atoms with Crippen LogP contribution < -0.4 is 5.32 Å². The van der Waals surface area contributed by atoms with Gasteiger partial charge in [-0.3, -0.25) is 4.79 Å². The van der Waals surface area contributed by atoms with Crippen molar-refractivity contribution in [2.24, 2.45) is 0 Å². The number of nitrogens with one attached hydrogen (secondary N) is 1. The highest BCUT2D eigenvalue weighted by molar-refractivity contribution is 6.30. The molecule has 0 aliphatic rings. The Hall–Kier alpha value is -1.06. The quantitative estimate of drug-likeness (QED) is 0.834. The van der Waals surface area contributed by atoms with E-state index in [1.807, 2.05) is 26.0 Å². The van der Waals surface area contributed by atoms with Gasteiger partial charge in [0, 0.05) is 17.1 Å². The number of carbonyl (C=O) groups is 1. The second-order valence-electron chi connectivity index (χ2n) is 4.03. The van der Waals surface area contributed by atoms with Gasteiger partial charge in [-0.05, 0) is 17.7 Å². The molecule has 2 N–H and O–H groups in total. The molecule has 1 aromatic carbocycles. The van der Waals surface area contributed by atoms with Crippen molar-refractivity contribution in [2.75, 3.05) is 0 Å². The van der Waals surface area contributed by atoms with Gasteiger partial charge in [0.2, 0.25) is 0 Å². The Balaban J connectivity index is 2.86. The van der Waals surface area contributed by atoms with Crippen molar-refractivity contribution in [2.45, 2.75) is 32.4 Å². The Morgan fingerprint density at radius 3 is 2.69 bits per heavy atom. The van der Waals surface area contributed by atoms with Gasteiger partial charge in [-0.2, -0.15) is 0 Å². The van der Waals surface area contributed by atoms with Gasteiger partial charge in [-0.1, -0.05) is 37.6 Å². The van der Waals surface area contributed by atoms with Gasteiger partial charge in [0.25, 0.3) is 0 Å². The molecular formula is C12H16ClNO2. The first-order valence-corrected chi connectivity index (χ1v) is 5.60. The average Bonchev–Trinajstić information content (AvgIpc) is 2.15. The molecule has 0 aromatic heterocycles. The molecule has 1 atom stereocenters. The third kappa shape index (κ3) is 4.21. The zero-order chi connectivity index (χ0) is 12.1. The molecule has 0 saturated carbocycles. The molecule has 88 valence electrons. The van der Waals surface area contributed by atoms with E-state index in [9.17, 15) is 4.79 Å². The predicted molar refractivity (Wildman–Crippen MR) is 64.7 cm³/mol. The maximum absolute atomic E-state index is 10.8. The second kappa shape index (κ2) is 5.87. The lowest BCUT2D eigenvalue weighted by Crippen LogP contribution is -2.29. The number of aliphatic carboxylic acids is 1. The summed E-state index contributed by atoms with van der Waals surface area (Å²) in [5.74, 6) is -0.821. The minimum Gasteiger partial charge on any atom is -0.481 e. The van der Waals surface area contributed by atoms with Crippen molar-refractivity contribution in [3.8, 4) is 0 Å². The molecule has 1 aromatic rings. The highest BCUT2D eigenvalue weighted by atomic mass is 35.5. The minimum atomic E-state index is -0.821. The zero-order valence-corrected chi connectivity index (χ0v) is 10.2. The van der Waals surface area contributed by atoms with E-state index in [2.05, 4.69) is 5.32 Å². The molecule has 0 fully saturated rings. The predicted octanol–water partition coefficient (Wildman–Crippen LogP) is 2.85. The van der Waals surface area contributed by atoms with Crippen LogP contribution in [-0.4, -0.2) is 17.1 Å². The largest absolute Gasteiger partial charge is 0.481 e. The summed E-state index contributed by atoms with van der Waals surface area (Å²) in [7, 11) is 0. The third-order valence-electron chi connectivity index (χ3n) is 2.16. The van der Waals surface area contributed by atoms with E-state index < -0.39 is 5.97 Å². The van der Waals surface area contributed by atoms with Gasteiger partial charge in [0.05, 0.1) is 6.42 Å². The van der Waals surface area contributed by atoms with Crippen molar-refractivity contribution in [1.29, 1.82) is 0 Å². The summed E-state index contributed by atoms with van der Waals surface area (Å²) in [5.41, 5.74) is 0.906. The summed E-state index contributed by atoms with van der Waals surface area (Å²) in [4.78, 5) is 10.8. The molecule has 3 nitrogen and oxygen atoms in total. The summed E-state index contributed by atoms with van der Waals surface area (Å²) >= 11 is 5.89. The number of benzene rings is 1. The highest BCUT2D eigenvalue weighted by Gasteiger charge is 2.16. The molecular weight excluding hydrogens is 226 g/mol. The first kappa shape index (κ1) is 13.0. The Bertz CT molecular complexity index is 366. The molecule has 0 amide bonds. The summed E-state index contributed by atoms with van der Waals surface area (Å²) in [6.07, 6.45) is 0.0541. The summed E-state index contributed by atoms with van der Waals surface area (Å²) < 4.78 is 0. The van der Waals surface area contributed by atoms with Crippen LogP contribution in [0.5, 0.6) is 0 Å². The fraction of sp³-hybridized carbons (Fsp3) is 0.417. The van der Waals surface area contributed by atoms with Gasteiger partial charge in [-0.25, -0.2) is 0 Å². The molecule has 0 aliphatic heterocycles. The van der Waals surface area contributed by atoms with E-state index in [0.717, 1.165) is 5.56 Å². The molecule has 1 unspecified atom stereocenters. The number of halogens is 1. The van der Waals surface area contributed by atoms with E-state index in [-0.39, 0.29) is 18.5 Å². The number of hydrogen-bond donors (Lipinski definition) is 2. The molecule has 0 aliphatic carbocycles. The minimum absolute atomic E-state index is 0.0541. The smallest absolute Gasteiger partial charge is 0.305 e. The van der Waals surface area contributed by atoms with Crippen molar-refractivity contribution >= 4 is 17.6 Å². The first-order valence-electron chi connectivity index (χ1n) is 5.22. The van der Waals surface area contributed by atoms with Gasteiger partial charge in [0.15, 0.2) is 0 Å². The second-order valence-corrected chi connectivity index (χ2v) is 4.46. The molecule has 16 heavy (non-hydrogen) atoms. The Kier molecular flexibility index (Phi) is 4.77. The average molecular weight is 242 g/mol. The normalized spacial score (nSPS) is 12.8. The molecule has 1 rings (SSSR count). The molecule has 0 saturated heterocycles. The monoisotopic (exact) mass is 241 g/mol. The van der Waals surface area contributed by atoms with Gasteiger partial charge >= 0.3 is 5.97 Å². The Morgan fingerprint density at radius 1 is 1.50 bits per heavy atom. The van der Waals surface area contributed by atoms with Gasteiger partial charge in [-0.15, -0.1) is 0 Å². The lowest BCUT2D eigenvalue weighted by molar-refractivity contribution is -0.137. The van der Waals surface area contributed by atoms with Crippen molar-refractivity contribution in [1.82, 2.24) is 5.32 Å². The van der Waals surface area contributed by atoms with Crippen LogP contribution in [0.1, 0.15) is 31.9 Å². The van der Waals surface area contributed by atoms with Gasteiger partial charge in [0.1, 0.15) is 0 Å². The Labute approximate surface area is 100 Å². The molecule has 0 radical (unpaired) electrons. The van der Waals surface area contributed by atoms with Crippen LogP contribution in [-0.2, 0) is 4.79 Å². The van der Waals surface area contributed by atoms with Crippen LogP contribution in [0.4, 0.5) is 0 Å². The lowest BCUT2D eigenvalue weighted by atomic mass is 10.0. The SMILES string of the molecule is CC(C)NC(CC(=O)O)c1cccc(Cl)c1. The molecule has 4 heteroatoms. The zero-order valence-electron chi connectivity index (χ0n) is 9.40. The van der Waals surface area contributed by atoms with E-state index in [1.165, 1.54) is 0 Å². The van der Waals surface area contributed by atoms with Crippen LogP contribution >= 0.6 is 11.6 Å². The molecule has 0 spiro atoms. The van der Waals surface area contributed by atoms with Crippen LogP contribution in [0.15, 0.2) is 24.3 Å². The Morgan fingerprint density at radius 2 is 2.19 bits per heavy atom. The van der Waals surface area contributed by atoms with Crippen molar-refractivity contribution in [3.63, 3.8) is 0 Å². The maximum atomic E-state index is 10.8. The van der Waals surface area contributed by atoms with Crippen LogP contribution in [0.2, 0.25) is 5.02 Å². The van der Waals surface area contributed by atoms with Crippen molar-refractivity contribution in [3.05, 3.63) is 34.9 Å². The third-order valence-corrected chi connectivity index (χ3v) is 2.40. The summed E-state index contributed by atoms with van der Waals surface area (Å²) in [6.45, 7) is 3.97. The standard InChI is InChI=1S/C12H16ClNO2/c1-8(2)14-11(7-12(15)16)9-4-3-5-10(13)6-9/h3-6,8,11,14H,7H2,1-2H3,(H,15,16). The number of rotatable bonds is 5. The fourth-order valence-electron chi connectivity index (χ4n) is 1.57. The summed E-state index contributed by atoms with van der Waals surface area (Å²) in [6, 6.07) is 7.31. The van der Waals surface area contributed by atoms with E-state index in [0.29, 0.717) is 5.02 Å². The molecule has 0 bridgehead atoms. The van der Waals surface area contributed by atoms with Crippen LogP contribution in [0.3, 0.4) is 0 Å². The summed E-state index contributed by atoms with van der Waals surface area (Å²) in [5, 5.41) is 12.7.